The number of amides is 4. The molecular formula is C27H35N4O5Si. The van der Waals surface area contributed by atoms with Crippen molar-refractivity contribution in [2.24, 2.45) is 5.92 Å². The smallest absolute Gasteiger partial charge is 0.315 e. The van der Waals surface area contributed by atoms with Crippen LogP contribution < -0.4 is 26.0 Å². The highest BCUT2D eigenvalue weighted by Crippen LogP contribution is 2.15. The number of nitrogens with one attached hydrogen (secondary N) is 4. The molecule has 4 amide bonds. The van der Waals surface area contributed by atoms with Gasteiger partial charge in [0.25, 0.3) is 5.91 Å². The molecule has 0 aromatic heterocycles. The maximum absolute atomic E-state index is 13.2. The summed E-state index contributed by atoms with van der Waals surface area (Å²) >= 11 is 0. The predicted molar refractivity (Wildman–Crippen MR) is 142 cm³/mol. The molecule has 3 radical (unpaired) electrons. The zero-order chi connectivity index (χ0) is 27.4. The van der Waals surface area contributed by atoms with Gasteiger partial charge in [-0.05, 0) is 42.0 Å². The minimum atomic E-state index is -1.48. The van der Waals surface area contributed by atoms with Crippen molar-refractivity contribution in [3.63, 3.8) is 0 Å². The highest BCUT2D eigenvalue weighted by Gasteiger charge is 2.38. The second kappa shape index (κ2) is 14.2. The summed E-state index contributed by atoms with van der Waals surface area (Å²) in [6.07, 6.45) is 0.452. The number of carbonyl (C=O) groups excluding carboxylic acids is 4. The molecule has 0 saturated heterocycles. The molecule has 4 N–H and O–H groups in total. The van der Waals surface area contributed by atoms with E-state index < -0.39 is 34.8 Å². The first-order valence-corrected chi connectivity index (χ1v) is 12.7. The fourth-order valence-corrected chi connectivity index (χ4v) is 4.23. The van der Waals surface area contributed by atoms with Crippen molar-refractivity contribution in [1.29, 1.82) is 0 Å². The van der Waals surface area contributed by atoms with Gasteiger partial charge in [0.05, 0.1) is 23.4 Å². The van der Waals surface area contributed by atoms with Gasteiger partial charge < -0.3 is 26.0 Å². The summed E-state index contributed by atoms with van der Waals surface area (Å²) in [5.41, 5.74) is 1.70. The summed E-state index contributed by atoms with van der Waals surface area (Å²) in [6, 6.07) is 14.8. The van der Waals surface area contributed by atoms with Gasteiger partial charge in [-0.2, -0.15) is 0 Å². The van der Waals surface area contributed by atoms with Crippen LogP contribution in [0.5, 0.6) is 5.75 Å². The number of urea groups is 1. The van der Waals surface area contributed by atoms with Crippen LogP contribution in [0.1, 0.15) is 44.7 Å². The highest BCUT2D eigenvalue weighted by molar-refractivity contribution is 6.39. The van der Waals surface area contributed by atoms with Gasteiger partial charge in [-0.1, -0.05) is 63.2 Å². The first kappa shape index (κ1) is 29.6. The first-order valence-electron chi connectivity index (χ1n) is 12.2. The molecule has 0 aliphatic carbocycles. The Hall–Kier alpha value is -3.66. The summed E-state index contributed by atoms with van der Waals surface area (Å²) in [5.74, 6) is -1.48. The fraction of sp³-hybridized carbons (Fsp3) is 0.407. The van der Waals surface area contributed by atoms with Crippen LogP contribution in [-0.2, 0) is 27.5 Å². The molecule has 0 aliphatic heterocycles. The lowest BCUT2D eigenvalue weighted by atomic mass is 10.0. The van der Waals surface area contributed by atoms with Crippen molar-refractivity contribution in [1.82, 2.24) is 21.3 Å². The Kier molecular flexibility index (Phi) is 11.3. The molecule has 2 aromatic carbocycles. The average molecular weight is 524 g/mol. The molecule has 37 heavy (non-hydrogen) atoms. The van der Waals surface area contributed by atoms with Crippen LogP contribution in [0.25, 0.3) is 0 Å². The molecule has 9 nitrogen and oxygen atoms in total. The Balaban J connectivity index is 2.00. The number of ketones is 1. The molecular weight excluding hydrogens is 488 g/mol. The van der Waals surface area contributed by atoms with Gasteiger partial charge in [0.1, 0.15) is 10.9 Å². The lowest BCUT2D eigenvalue weighted by Crippen LogP contribution is -2.64. The molecule has 0 fully saturated rings. The standard InChI is InChI=1S/C27H35N4O5Si/c1-5-22(23(32)24(33)28-16-20-11-13-21(36-4)14-12-20)30-25(34)27(37,15-18(2)3)31-26(35)29-17-19-9-7-6-8-10-19/h6-14,18,22H,5,15-17H2,1-4H3,(H,28,33)(H,30,34)(H2,29,31,35)/t22?,27-/m0/s1. The van der Waals surface area contributed by atoms with Gasteiger partial charge in [0.15, 0.2) is 0 Å². The third-order valence-corrected chi connectivity index (χ3v) is 6.15. The Bertz CT molecular complexity index is 1060. The molecule has 0 spiro atoms. The van der Waals surface area contributed by atoms with Crippen LogP contribution in [0, 0.1) is 5.92 Å². The number of rotatable bonds is 13. The Labute approximate surface area is 221 Å². The van der Waals surface area contributed by atoms with E-state index in [9.17, 15) is 19.2 Å². The molecule has 2 atom stereocenters. The van der Waals surface area contributed by atoms with E-state index in [-0.39, 0.29) is 31.8 Å². The topological polar surface area (TPSA) is 126 Å². The van der Waals surface area contributed by atoms with Gasteiger partial charge in [0.2, 0.25) is 11.7 Å². The van der Waals surface area contributed by atoms with Crippen molar-refractivity contribution in [3.8, 4) is 5.75 Å². The summed E-state index contributed by atoms with van der Waals surface area (Å²) < 4.78 is 5.11. The zero-order valence-electron chi connectivity index (χ0n) is 21.7. The van der Waals surface area contributed by atoms with Crippen molar-refractivity contribution >= 4 is 33.9 Å². The second-order valence-corrected chi connectivity index (χ2v) is 9.98. The average Bonchev–Trinajstić information content (AvgIpc) is 2.88. The predicted octanol–water partition coefficient (Wildman–Crippen LogP) is 2.19. The van der Waals surface area contributed by atoms with Crippen LogP contribution in [0.15, 0.2) is 54.6 Å². The number of Topliss-reactive ketones (excluding diaryl/α,β-unsaturated/α-hetero) is 1. The van der Waals surface area contributed by atoms with Gasteiger partial charge >= 0.3 is 6.03 Å². The Morgan fingerprint density at radius 3 is 2.08 bits per heavy atom. The SMILES string of the molecule is CCC(NC(=O)[C@@]([Si])(CC(C)C)NC(=O)NCc1ccccc1)C(=O)C(=O)NCc1ccc(OC)cc1. The van der Waals surface area contributed by atoms with E-state index in [4.69, 9.17) is 4.74 Å². The summed E-state index contributed by atoms with van der Waals surface area (Å²) in [5, 5.41) is 9.14. The molecule has 0 aliphatic rings. The minimum Gasteiger partial charge on any atom is -0.497 e. The van der Waals surface area contributed by atoms with Gasteiger partial charge in [-0.25, -0.2) is 4.79 Å². The molecule has 2 rings (SSSR count). The second-order valence-electron chi connectivity index (χ2n) is 9.13. The van der Waals surface area contributed by atoms with Crippen LogP contribution in [-0.4, -0.2) is 52.2 Å². The number of hydrogen-bond donors (Lipinski definition) is 4. The summed E-state index contributed by atoms with van der Waals surface area (Å²) in [6.45, 7) is 5.93. The van der Waals surface area contributed by atoms with Crippen LogP contribution in [0.4, 0.5) is 4.79 Å². The number of hydrogen-bond acceptors (Lipinski definition) is 5. The van der Waals surface area contributed by atoms with Crippen molar-refractivity contribution in [2.45, 2.75) is 57.9 Å². The van der Waals surface area contributed by atoms with Crippen molar-refractivity contribution in [2.75, 3.05) is 7.11 Å². The minimum absolute atomic E-state index is 0.0289. The molecule has 1 unspecified atom stereocenters. The van der Waals surface area contributed by atoms with E-state index in [1.807, 2.05) is 44.2 Å². The van der Waals surface area contributed by atoms with E-state index in [2.05, 4.69) is 31.5 Å². The van der Waals surface area contributed by atoms with E-state index >= 15 is 0 Å². The molecule has 2 aromatic rings. The summed E-state index contributed by atoms with van der Waals surface area (Å²) in [4.78, 5) is 51.2. The lowest BCUT2D eigenvalue weighted by molar-refractivity contribution is -0.140. The quantitative estimate of drug-likeness (QED) is 0.237. The van der Waals surface area contributed by atoms with Gasteiger partial charge in [-0.15, -0.1) is 0 Å². The van der Waals surface area contributed by atoms with Crippen LogP contribution in [0.2, 0.25) is 0 Å². The van der Waals surface area contributed by atoms with E-state index in [0.717, 1.165) is 11.1 Å². The molecule has 10 heteroatoms. The largest absolute Gasteiger partial charge is 0.497 e. The normalized spacial score (nSPS) is 13.1. The molecule has 197 valence electrons. The molecule has 0 bridgehead atoms. The Morgan fingerprint density at radius 1 is 0.919 bits per heavy atom. The number of ether oxygens (including phenoxy) is 1. The highest BCUT2D eigenvalue weighted by atomic mass is 28.1. The van der Waals surface area contributed by atoms with E-state index in [1.54, 1.807) is 38.3 Å². The molecule has 0 heterocycles. The summed E-state index contributed by atoms with van der Waals surface area (Å²) in [7, 11) is 5.01. The van der Waals surface area contributed by atoms with E-state index in [0.29, 0.717) is 5.75 Å². The third kappa shape index (κ3) is 9.38. The maximum Gasteiger partial charge on any atom is 0.315 e. The third-order valence-electron chi connectivity index (χ3n) is 5.59. The maximum atomic E-state index is 13.2. The number of benzene rings is 2. The van der Waals surface area contributed by atoms with Gasteiger partial charge in [0, 0.05) is 13.1 Å². The number of methoxy groups -OCH3 is 1. The monoisotopic (exact) mass is 523 g/mol. The molecule has 0 saturated carbocycles. The number of carbonyl (C=O) groups is 4. The van der Waals surface area contributed by atoms with Crippen molar-refractivity contribution in [3.05, 3.63) is 65.7 Å². The van der Waals surface area contributed by atoms with Gasteiger partial charge in [-0.3, -0.25) is 14.4 Å². The van der Waals surface area contributed by atoms with E-state index in [1.165, 1.54) is 0 Å². The Morgan fingerprint density at radius 2 is 1.51 bits per heavy atom. The van der Waals surface area contributed by atoms with Crippen LogP contribution in [0.3, 0.4) is 0 Å². The van der Waals surface area contributed by atoms with Crippen LogP contribution >= 0.6 is 0 Å². The first-order chi connectivity index (χ1) is 17.6. The lowest BCUT2D eigenvalue weighted by Gasteiger charge is -2.32. The fourth-order valence-electron chi connectivity index (χ4n) is 3.63. The van der Waals surface area contributed by atoms with Crippen molar-refractivity contribution < 1.29 is 23.9 Å². The zero-order valence-corrected chi connectivity index (χ0v) is 22.7.